The van der Waals surface area contributed by atoms with Crippen molar-refractivity contribution in [3.8, 4) is 0 Å². The van der Waals surface area contributed by atoms with E-state index in [2.05, 4.69) is 20.8 Å². The third-order valence-electron chi connectivity index (χ3n) is 2.62. The van der Waals surface area contributed by atoms with Gasteiger partial charge in [-0.2, -0.15) is 0 Å². The largest absolute Gasteiger partial charge is 0.377 e. The topological polar surface area (TPSA) is 35.2 Å². The van der Waals surface area contributed by atoms with E-state index >= 15 is 0 Å². The Morgan fingerprint density at radius 1 is 1.33 bits per heavy atom. The molecule has 2 unspecified atom stereocenters. The first kappa shape index (κ1) is 10.0. The molecule has 1 rings (SSSR count). The van der Waals surface area contributed by atoms with Crippen molar-refractivity contribution in [3.63, 3.8) is 0 Å². The zero-order chi connectivity index (χ0) is 9.19. The van der Waals surface area contributed by atoms with E-state index in [0.717, 1.165) is 13.0 Å². The Balaban J connectivity index is 2.45. The second kappa shape index (κ2) is 3.75. The molecule has 0 amide bonds. The predicted molar refractivity (Wildman–Crippen MR) is 51.0 cm³/mol. The van der Waals surface area contributed by atoms with Crippen molar-refractivity contribution >= 4 is 0 Å². The Morgan fingerprint density at radius 2 is 2.00 bits per heavy atom. The van der Waals surface area contributed by atoms with Crippen LogP contribution in [0.3, 0.4) is 0 Å². The number of ether oxygens (including phenoxy) is 1. The molecule has 2 nitrogen and oxygen atoms in total. The van der Waals surface area contributed by atoms with E-state index in [-0.39, 0.29) is 11.5 Å². The summed E-state index contributed by atoms with van der Waals surface area (Å²) in [5.74, 6) is 0. The minimum Gasteiger partial charge on any atom is -0.377 e. The van der Waals surface area contributed by atoms with Gasteiger partial charge in [-0.1, -0.05) is 20.8 Å². The van der Waals surface area contributed by atoms with Crippen molar-refractivity contribution in [2.45, 2.75) is 52.2 Å². The fourth-order valence-corrected chi connectivity index (χ4v) is 1.61. The smallest absolute Gasteiger partial charge is 0.0731 e. The van der Waals surface area contributed by atoms with Gasteiger partial charge in [-0.15, -0.1) is 0 Å². The molecule has 0 radical (unpaired) electrons. The van der Waals surface area contributed by atoms with E-state index in [0.29, 0.717) is 6.10 Å². The standard InChI is InChI=1S/C10H21NO/c1-10(2,3)9(11)8-6-4-5-7-12-8/h8-9H,4-7,11H2,1-3H3. The van der Waals surface area contributed by atoms with E-state index in [1.165, 1.54) is 12.8 Å². The summed E-state index contributed by atoms with van der Waals surface area (Å²) in [6.45, 7) is 7.43. The Labute approximate surface area is 75.5 Å². The average Bonchev–Trinajstić information content (AvgIpc) is 2.03. The number of hydrogen-bond donors (Lipinski definition) is 1. The minimum absolute atomic E-state index is 0.169. The fourth-order valence-electron chi connectivity index (χ4n) is 1.61. The summed E-state index contributed by atoms with van der Waals surface area (Å²) >= 11 is 0. The van der Waals surface area contributed by atoms with Gasteiger partial charge < -0.3 is 10.5 Å². The lowest BCUT2D eigenvalue weighted by atomic mass is 9.82. The Bertz CT molecular complexity index is 133. The lowest BCUT2D eigenvalue weighted by molar-refractivity contribution is -0.0219. The molecule has 0 aromatic rings. The molecule has 12 heavy (non-hydrogen) atoms. The fraction of sp³-hybridized carbons (Fsp3) is 1.00. The molecule has 2 atom stereocenters. The third kappa shape index (κ3) is 2.46. The number of nitrogens with two attached hydrogens (primary N) is 1. The number of rotatable bonds is 1. The molecule has 0 aromatic carbocycles. The molecule has 1 saturated heterocycles. The van der Waals surface area contributed by atoms with Crippen LogP contribution in [0.1, 0.15) is 40.0 Å². The molecule has 1 aliphatic heterocycles. The van der Waals surface area contributed by atoms with E-state index in [9.17, 15) is 0 Å². The van der Waals surface area contributed by atoms with Crippen molar-refractivity contribution in [1.29, 1.82) is 0 Å². The molecule has 1 heterocycles. The summed E-state index contributed by atoms with van der Waals surface area (Å²) in [6, 6.07) is 0.179. The van der Waals surface area contributed by atoms with Gasteiger partial charge in [-0.05, 0) is 24.7 Å². The Kier molecular flexibility index (Phi) is 3.13. The van der Waals surface area contributed by atoms with Crippen LogP contribution in [0, 0.1) is 5.41 Å². The zero-order valence-electron chi connectivity index (χ0n) is 8.47. The maximum absolute atomic E-state index is 6.10. The van der Waals surface area contributed by atoms with Crippen LogP contribution in [0.15, 0.2) is 0 Å². The highest BCUT2D eigenvalue weighted by atomic mass is 16.5. The zero-order valence-corrected chi connectivity index (χ0v) is 8.47. The minimum atomic E-state index is 0.169. The van der Waals surface area contributed by atoms with Gasteiger partial charge in [0, 0.05) is 12.6 Å². The van der Waals surface area contributed by atoms with Crippen LogP contribution >= 0.6 is 0 Å². The molecule has 0 saturated carbocycles. The molecule has 0 aliphatic carbocycles. The molecule has 1 aliphatic rings. The lowest BCUT2D eigenvalue weighted by Crippen LogP contribution is -2.47. The molecular formula is C10H21NO. The van der Waals surface area contributed by atoms with Crippen LogP contribution < -0.4 is 5.73 Å². The van der Waals surface area contributed by atoms with Gasteiger partial charge >= 0.3 is 0 Å². The van der Waals surface area contributed by atoms with Crippen LogP contribution in [-0.4, -0.2) is 18.8 Å². The van der Waals surface area contributed by atoms with Crippen molar-refractivity contribution in [1.82, 2.24) is 0 Å². The summed E-state index contributed by atoms with van der Waals surface area (Å²) < 4.78 is 5.64. The maximum atomic E-state index is 6.10. The third-order valence-corrected chi connectivity index (χ3v) is 2.62. The second-order valence-electron chi connectivity index (χ2n) is 4.80. The monoisotopic (exact) mass is 171 g/mol. The summed E-state index contributed by atoms with van der Waals surface area (Å²) in [6.07, 6.45) is 3.90. The highest BCUT2D eigenvalue weighted by molar-refractivity contribution is 4.85. The van der Waals surface area contributed by atoms with Gasteiger partial charge in [-0.3, -0.25) is 0 Å². The van der Waals surface area contributed by atoms with E-state index in [1.807, 2.05) is 0 Å². The Morgan fingerprint density at radius 3 is 2.42 bits per heavy atom. The van der Waals surface area contributed by atoms with Crippen LogP contribution in [0.25, 0.3) is 0 Å². The van der Waals surface area contributed by atoms with Crippen molar-refractivity contribution in [3.05, 3.63) is 0 Å². The first-order chi connectivity index (χ1) is 5.52. The summed E-state index contributed by atoms with van der Waals surface area (Å²) in [5, 5.41) is 0. The summed E-state index contributed by atoms with van der Waals surface area (Å²) in [7, 11) is 0. The van der Waals surface area contributed by atoms with Crippen LogP contribution in [-0.2, 0) is 4.74 Å². The highest BCUT2D eigenvalue weighted by Crippen LogP contribution is 2.26. The molecule has 2 heteroatoms. The van der Waals surface area contributed by atoms with Gasteiger partial charge in [0.15, 0.2) is 0 Å². The molecule has 0 spiro atoms. The lowest BCUT2D eigenvalue weighted by Gasteiger charge is -2.36. The maximum Gasteiger partial charge on any atom is 0.0731 e. The van der Waals surface area contributed by atoms with E-state index in [4.69, 9.17) is 10.5 Å². The van der Waals surface area contributed by atoms with Crippen molar-refractivity contribution < 1.29 is 4.74 Å². The van der Waals surface area contributed by atoms with Crippen LogP contribution in [0.5, 0.6) is 0 Å². The quantitative estimate of drug-likeness (QED) is 0.654. The summed E-state index contributed by atoms with van der Waals surface area (Å²) in [5.41, 5.74) is 6.27. The molecular weight excluding hydrogens is 150 g/mol. The van der Waals surface area contributed by atoms with E-state index in [1.54, 1.807) is 0 Å². The van der Waals surface area contributed by atoms with Crippen molar-refractivity contribution in [2.75, 3.05) is 6.61 Å². The van der Waals surface area contributed by atoms with Gasteiger partial charge in [0.25, 0.3) is 0 Å². The first-order valence-corrected chi connectivity index (χ1v) is 4.89. The van der Waals surface area contributed by atoms with Gasteiger partial charge in [0.1, 0.15) is 0 Å². The van der Waals surface area contributed by atoms with Gasteiger partial charge in [0.05, 0.1) is 6.10 Å². The Hall–Kier alpha value is -0.0800. The van der Waals surface area contributed by atoms with Gasteiger partial charge in [0.2, 0.25) is 0 Å². The van der Waals surface area contributed by atoms with E-state index < -0.39 is 0 Å². The van der Waals surface area contributed by atoms with Crippen LogP contribution in [0.2, 0.25) is 0 Å². The second-order valence-corrected chi connectivity index (χ2v) is 4.80. The number of hydrogen-bond acceptors (Lipinski definition) is 2. The first-order valence-electron chi connectivity index (χ1n) is 4.89. The highest BCUT2D eigenvalue weighted by Gasteiger charge is 2.30. The summed E-state index contributed by atoms with van der Waals surface area (Å²) in [4.78, 5) is 0. The van der Waals surface area contributed by atoms with Crippen molar-refractivity contribution in [2.24, 2.45) is 11.1 Å². The molecule has 72 valence electrons. The molecule has 2 N–H and O–H groups in total. The molecule has 1 fully saturated rings. The van der Waals surface area contributed by atoms with Crippen LogP contribution in [0.4, 0.5) is 0 Å². The normalized spacial score (nSPS) is 28.5. The SMILES string of the molecule is CC(C)(C)C(N)C1CCCCO1. The molecule has 0 aromatic heterocycles. The average molecular weight is 171 g/mol. The predicted octanol–water partition coefficient (Wildman–Crippen LogP) is 1.93. The van der Waals surface area contributed by atoms with Gasteiger partial charge in [-0.25, -0.2) is 0 Å². The molecule has 0 bridgehead atoms.